The lowest BCUT2D eigenvalue weighted by molar-refractivity contribution is 0.317. The molecule has 0 spiro atoms. The highest BCUT2D eigenvalue weighted by atomic mass is 79.9. The zero-order chi connectivity index (χ0) is 11.0. The summed E-state index contributed by atoms with van der Waals surface area (Å²) in [6.45, 7) is 3.59. The van der Waals surface area contributed by atoms with E-state index in [0.29, 0.717) is 6.04 Å². The summed E-state index contributed by atoms with van der Waals surface area (Å²) in [5, 5.41) is 3.67. The number of thiophene rings is 1. The second-order valence-corrected chi connectivity index (χ2v) is 7.35. The molecule has 1 atom stereocenters. The molecule has 1 aromatic heterocycles. The Morgan fingerprint density at radius 3 is 2.94 bits per heavy atom. The molecule has 0 radical (unpaired) electrons. The molecule has 0 aromatic carbocycles. The van der Waals surface area contributed by atoms with Gasteiger partial charge in [-0.05, 0) is 47.3 Å². The monoisotopic (exact) mass is 300 g/mol. The molecule has 2 heterocycles. The van der Waals surface area contributed by atoms with Crippen molar-refractivity contribution >= 4 is 27.3 Å². The molecule has 2 aliphatic rings. The van der Waals surface area contributed by atoms with E-state index in [-0.39, 0.29) is 0 Å². The van der Waals surface area contributed by atoms with E-state index in [1.807, 2.05) is 11.3 Å². The van der Waals surface area contributed by atoms with Gasteiger partial charge in [0.25, 0.3) is 0 Å². The van der Waals surface area contributed by atoms with Crippen LogP contribution in [0.2, 0.25) is 0 Å². The summed E-state index contributed by atoms with van der Waals surface area (Å²) >= 11 is 5.34. The van der Waals surface area contributed by atoms with E-state index in [4.69, 9.17) is 0 Å². The summed E-state index contributed by atoms with van der Waals surface area (Å²) in [5.74, 6) is 0. The average molecular weight is 301 g/mol. The van der Waals surface area contributed by atoms with E-state index < -0.39 is 0 Å². The number of nitrogens with zero attached hydrogens (tertiary/aromatic N) is 1. The van der Waals surface area contributed by atoms with Gasteiger partial charge in [-0.15, -0.1) is 11.3 Å². The molecule has 88 valence electrons. The minimum Gasteiger partial charge on any atom is -0.308 e. The van der Waals surface area contributed by atoms with E-state index in [1.54, 1.807) is 0 Å². The third kappa shape index (κ3) is 2.67. The Morgan fingerprint density at radius 1 is 1.38 bits per heavy atom. The minimum atomic E-state index is 0.710. The van der Waals surface area contributed by atoms with Crippen molar-refractivity contribution in [2.45, 2.75) is 37.9 Å². The lowest BCUT2D eigenvalue weighted by atomic mass is 10.2. The summed E-state index contributed by atoms with van der Waals surface area (Å²) in [4.78, 5) is 4.08. The fourth-order valence-corrected chi connectivity index (χ4v) is 3.85. The van der Waals surface area contributed by atoms with Crippen LogP contribution in [0.1, 0.15) is 24.1 Å². The molecule has 1 aliphatic carbocycles. The number of rotatable bonds is 4. The van der Waals surface area contributed by atoms with Gasteiger partial charge in [0.15, 0.2) is 0 Å². The van der Waals surface area contributed by atoms with Crippen LogP contribution in [0.3, 0.4) is 0 Å². The van der Waals surface area contributed by atoms with Crippen molar-refractivity contribution in [2.24, 2.45) is 0 Å². The number of halogens is 1. The van der Waals surface area contributed by atoms with Gasteiger partial charge in [-0.1, -0.05) is 0 Å². The Morgan fingerprint density at radius 2 is 2.25 bits per heavy atom. The topological polar surface area (TPSA) is 15.3 Å². The van der Waals surface area contributed by atoms with E-state index in [0.717, 1.165) is 12.6 Å². The molecule has 1 N–H and O–H groups in total. The first-order valence-electron chi connectivity index (χ1n) is 6.03. The first kappa shape index (κ1) is 11.2. The van der Waals surface area contributed by atoms with E-state index in [1.165, 1.54) is 41.0 Å². The van der Waals surface area contributed by atoms with Gasteiger partial charge in [0.1, 0.15) is 0 Å². The molecular weight excluding hydrogens is 284 g/mol. The molecule has 1 aliphatic heterocycles. The summed E-state index contributed by atoms with van der Waals surface area (Å²) in [6, 6.07) is 5.98. The maximum absolute atomic E-state index is 3.67. The Hall–Kier alpha value is 0.1000. The van der Waals surface area contributed by atoms with E-state index >= 15 is 0 Å². The zero-order valence-electron chi connectivity index (χ0n) is 9.29. The zero-order valence-corrected chi connectivity index (χ0v) is 11.7. The van der Waals surface area contributed by atoms with Crippen molar-refractivity contribution in [1.29, 1.82) is 0 Å². The first-order valence-corrected chi connectivity index (χ1v) is 7.64. The minimum absolute atomic E-state index is 0.710. The smallest absolute Gasteiger partial charge is 0.0701 e. The molecule has 1 saturated carbocycles. The van der Waals surface area contributed by atoms with Crippen LogP contribution in [-0.2, 0) is 6.54 Å². The second-order valence-electron chi connectivity index (χ2n) is 4.80. The van der Waals surface area contributed by atoms with E-state index in [9.17, 15) is 0 Å². The Labute approximate surface area is 109 Å². The predicted octanol–water partition coefficient (Wildman–Crippen LogP) is 2.84. The van der Waals surface area contributed by atoms with Crippen molar-refractivity contribution in [3.63, 3.8) is 0 Å². The molecule has 2 nitrogen and oxygen atoms in total. The van der Waals surface area contributed by atoms with Crippen molar-refractivity contribution in [3.05, 3.63) is 20.8 Å². The van der Waals surface area contributed by atoms with Crippen LogP contribution in [0.15, 0.2) is 15.9 Å². The predicted molar refractivity (Wildman–Crippen MR) is 71.9 cm³/mol. The van der Waals surface area contributed by atoms with Gasteiger partial charge >= 0.3 is 0 Å². The highest BCUT2D eigenvalue weighted by molar-refractivity contribution is 9.11. The molecule has 16 heavy (non-hydrogen) atoms. The normalized spacial score (nSPS) is 26.4. The highest BCUT2D eigenvalue weighted by Gasteiger charge is 2.33. The van der Waals surface area contributed by atoms with Crippen LogP contribution in [0.4, 0.5) is 0 Å². The number of hydrogen-bond acceptors (Lipinski definition) is 3. The fraction of sp³-hybridized carbons (Fsp3) is 0.667. The van der Waals surface area contributed by atoms with Crippen LogP contribution in [0.5, 0.6) is 0 Å². The van der Waals surface area contributed by atoms with Gasteiger partial charge in [0.2, 0.25) is 0 Å². The van der Waals surface area contributed by atoms with E-state index in [2.05, 4.69) is 38.3 Å². The first-order chi connectivity index (χ1) is 7.81. The summed E-state index contributed by atoms with van der Waals surface area (Å²) in [7, 11) is 0. The van der Waals surface area contributed by atoms with Crippen molar-refractivity contribution < 1.29 is 0 Å². The lowest BCUT2D eigenvalue weighted by Gasteiger charge is -2.15. The van der Waals surface area contributed by atoms with Gasteiger partial charge < -0.3 is 5.32 Å². The van der Waals surface area contributed by atoms with Gasteiger partial charge in [-0.2, -0.15) is 0 Å². The maximum Gasteiger partial charge on any atom is 0.0701 e. The summed E-state index contributed by atoms with van der Waals surface area (Å²) in [6.07, 6.45) is 4.19. The summed E-state index contributed by atoms with van der Waals surface area (Å²) < 4.78 is 1.23. The molecule has 1 aromatic rings. The van der Waals surface area contributed by atoms with Crippen LogP contribution in [0.25, 0.3) is 0 Å². The number of likely N-dealkylation sites (tertiary alicyclic amines) is 1. The SMILES string of the molecule is Brc1ccc(CNC2CCN(C3CC3)C2)s1. The molecule has 0 bridgehead atoms. The van der Waals surface area contributed by atoms with Crippen molar-refractivity contribution in [3.8, 4) is 0 Å². The Balaban J connectivity index is 1.45. The second kappa shape index (κ2) is 4.77. The third-order valence-electron chi connectivity index (χ3n) is 3.48. The van der Waals surface area contributed by atoms with Gasteiger partial charge in [-0.25, -0.2) is 0 Å². The van der Waals surface area contributed by atoms with Crippen molar-refractivity contribution in [1.82, 2.24) is 10.2 Å². The Kier molecular flexibility index (Phi) is 3.34. The van der Waals surface area contributed by atoms with Crippen LogP contribution in [0, 0.1) is 0 Å². The highest BCUT2D eigenvalue weighted by Crippen LogP contribution is 2.30. The molecule has 4 heteroatoms. The van der Waals surface area contributed by atoms with Gasteiger partial charge in [0.05, 0.1) is 3.79 Å². The van der Waals surface area contributed by atoms with Crippen LogP contribution in [-0.4, -0.2) is 30.1 Å². The molecule has 1 unspecified atom stereocenters. The molecule has 0 amide bonds. The summed E-state index contributed by atoms with van der Waals surface area (Å²) in [5.41, 5.74) is 0. The van der Waals surface area contributed by atoms with Crippen LogP contribution < -0.4 is 5.32 Å². The van der Waals surface area contributed by atoms with Crippen LogP contribution >= 0.6 is 27.3 Å². The molecule has 1 saturated heterocycles. The third-order valence-corrected chi connectivity index (χ3v) is 5.10. The molecule has 3 rings (SSSR count). The standard InChI is InChI=1S/C12H17BrN2S/c13-12-4-3-11(16-12)7-14-9-5-6-15(8-9)10-1-2-10/h3-4,9-10,14H,1-2,5-8H2. The fourth-order valence-electron chi connectivity index (χ4n) is 2.42. The molecular formula is C12H17BrN2S. The largest absolute Gasteiger partial charge is 0.308 e. The number of hydrogen-bond donors (Lipinski definition) is 1. The number of nitrogens with one attached hydrogen (secondary N) is 1. The maximum atomic E-state index is 3.67. The lowest BCUT2D eigenvalue weighted by Crippen LogP contribution is -2.32. The Bertz CT molecular complexity index is 362. The quantitative estimate of drug-likeness (QED) is 0.920. The van der Waals surface area contributed by atoms with Crippen molar-refractivity contribution in [2.75, 3.05) is 13.1 Å². The van der Waals surface area contributed by atoms with Gasteiger partial charge in [0, 0.05) is 36.6 Å². The average Bonchev–Trinajstić information content (AvgIpc) is 2.87. The molecule has 2 fully saturated rings. The van der Waals surface area contributed by atoms with Gasteiger partial charge in [-0.3, -0.25) is 4.90 Å².